The molecular formula is C33H21F6LiO4P+. The van der Waals surface area contributed by atoms with E-state index >= 15 is 0 Å². The van der Waals surface area contributed by atoms with Crippen LogP contribution in [0.15, 0.2) is 121 Å². The van der Waals surface area contributed by atoms with Gasteiger partial charge in [-0.05, 0) is 57.1 Å². The number of hydrogen-bond acceptors (Lipinski definition) is 4. The molecule has 0 aliphatic carbocycles. The average molecular weight is 633 g/mol. The molecule has 5 aromatic carbocycles. The summed E-state index contributed by atoms with van der Waals surface area (Å²) in [5, 5.41) is -0.0618. The van der Waals surface area contributed by atoms with Gasteiger partial charge in [0.2, 0.25) is 0 Å². The fraction of sp³-hybridized carbons (Fsp3) is 0.0606. The Morgan fingerprint density at radius 3 is 1.27 bits per heavy atom. The molecule has 12 heteroatoms. The van der Waals surface area contributed by atoms with Gasteiger partial charge in [-0.2, -0.15) is 26.3 Å². The first-order valence-corrected chi connectivity index (χ1v) is 13.9. The van der Waals surface area contributed by atoms with Crippen LogP contribution < -0.4 is 38.4 Å². The Hall–Kier alpha value is -4.22. The number of rotatable bonds is 9. The van der Waals surface area contributed by atoms with E-state index in [2.05, 4.69) is 0 Å². The fourth-order valence-electron chi connectivity index (χ4n) is 4.21. The monoisotopic (exact) mass is 633 g/mol. The van der Waals surface area contributed by atoms with Crippen LogP contribution in [0.3, 0.4) is 0 Å². The van der Waals surface area contributed by atoms with Crippen molar-refractivity contribution in [2.45, 2.75) is 12.4 Å². The molecule has 0 amide bonds. The van der Waals surface area contributed by atoms with Crippen LogP contribution in [0, 0.1) is 0 Å². The summed E-state index contributed by atoms with van der Waals surface area (Å²) in [7, 11) is -1.27. The van der Waals surface area contributed by atoms with E-state index in [1.165, 1.54) is 12.1 Å². The van der Waals surface area contributed by atoms with E-state index in [1.807, 2.05) is 0 Å². The Kier molecular flexibility index (Phi) is 10.7. The second-order valence-corrected chi connectivity index (χ2v) is 10.4. The van der Waals surface area contributed by atoms with Crippen LogP contribution in [-0.4, -0.2) is 5.52 Å². The minimum absolute atomic E-state index is 0. The van der Waals surface area contributed by atoms with Gasteiger partial charge in [-0.15, -0.1) is 0 Å². The predicted molar refractivity (Wildman–Crippen MR) is 155 cm³/mol. The zero-order valence-corrected chi connectivity index (χ0v) is 24.4. The largest absolute Gasteiger partial charge is 1.00 e. The summed E-state index contributed by atoms with van der Waals surface area (Å²) < 4.78 is 102. The van der Waals surface area contributed by atoms with Gasteiger partial charge in [0.1, 0.15) is 34.5 Å². The molecule has 5 aromatic rings. The van der Waals surface area contributed by atoms with E-state index in [0.717, 1.165) is 0 Å². The number of alkyl halides is 6. The molecule has 0 fully saturated rings. The molecule has 45 heavy (non-hydrogen) atoms. The van der Waals surface area contributed by atoms with Gasteiger partial charge in [-0.1, -0.05) is 60.7 Å². The third-order valence-electron chi connectivity index (χ3n) is 6.10. The summed E-state index contributed by atoms with van der Waals surface area (Å²) in [6, 6.07) is 29.5. The van der Waals surface area contributed by atoms with Gasteiger partial charge in [0.05, 0.1) is 16.4 Å². The molecule has 0 radical (unpaired) electrons. The van der Waals surface area contributed by atoms with Gasteiger partial charge in [-0.25, -0.2) is 0 Å². The summed E-state index contributed by atoms with van der Waals surface area (Å²) in [6.07, 6.45) is -10.5. The van der Waals surface area contributed by atoms with Crippen LogP contribution >= 0.6 is 8.58 Å². The van der Waals surface area contributed by atoms with Crippen molar-refractivity contribution in [3.05, 3.63) is 138 Å². The van der Waals surface area contributed by atoms with Crippen molar-refractivity contribution in [1.82, 2.24) is 0 Å². The number of halogens is 6. The number of carbonyl (C=O) groups excluding carboxylic acids is 1. The smallest absolute Gasteiger partial charge is 0.457 e. The quantitative estimate of drug-likeness (QED) is 0.0975. The normalized spacial score (nSPS) is 11.6. The summed E-state index contributed by atoms with van der Waals surface area (Å²) in [6.45, 7) is 0. The molecule has 5 rings (SSSR count). The fourth-order valence-corrected chi connectivity index (χ4v) is 5.32. The van der Waals surface area contributed by atoms with Crippen LogP contribution in [-0.2, 0) is 12.4 Å². The van der Waals surface area contributed by atoms with Gasteiger partial charge >= 0.3 is 31.2 Å². The molecule has 0 aliphatic rings. The SMILES string of the molecule is O=C(Pc1c(Oc2ccccc2)cc(Oc2ccccc2)cc1Oc1ccccc1)c1c(C(F)(F)F)cccc1C(F)(F)F.[Li+]. The summed E-state index contributed by atoms with van der Waals surface area (Å²) in [5.41, 5.74) is -6.26. The molecule has 0 aromatic heterocycles. The van der Waals surface area contributed by atoms with E-state index in [-0.39, 0.29) is 41.4 Å². The van der Waals surface area contributed by atoms with Gasteiger partial charge in [-0.3, -0.25) is 4.79 Å². The van der Waals surface area contributed by atoms with E-state index in [4.69, 9.17) is 14.2 Å². The molecule has 0 aliphatic heterocycles. The Balaban J connectivity index is 0.00000461. The molecule has 0 saturated heterocycles. The first-order chi connectivity index (χ1) is 21.0. The number of benzene rings is 5. The molecule has 0 heterocycles. The minimum Gasteiger partial charge on any atom is -0.457 e. The maximum absolute atomic E-state index is 13.9. The van der Waals surface area contributed by atoms with Crippen molar-refractivity contribution >= 4 is 19.4 Å². The second kappa shape index (κ2) is 14.3. The zero-order valence-electron chi connectivity index (χ0n) is 23.4. The molecule has 224 valence electrons. The number of hydrogen-bond donors (Lipinski definition) is 0. The summed E-state index contributed by atoms with van der Waals surface area (Å²) >= 11 is 0. The molecule has 0 N–H and O–H groups in total. The van der Waals surface area contributed by atoms with Gasteiger partial charge in [0.25, 0.3) is 0 Å². The molecular weight excluding hydrogens is 612 g/mol. The number of ether oxygens (including phenoxy) is 3. The minimum atomic E-state index is -5.23. The van der Waals surface area contributed by atoms with Gasteiger partial charge in [0, 0.05) is 17.7 Å². The van der Waals surface area contributed by atoms with Gasteiger partial charge < -0.3 is 14.2 Å². The maximum atomic E-state index is 13.9. The third-order valence-corrected chi connectivity index (χ3v) is 7.32. The van der Waals surface area contributed by atoms with Gasteiger partial charge in [0.15, 0.2) is 5.52 Å². The van der Waals surface area contributed by atoms with Crippen molar-refractivity contribution < 1.29 is 64.2 Å². The molecule has 0 bridgehead atoms. The van der Waals surface area contributed by atoms with Crippen LogP contribution in [0.4, 0.5) is 26.3 Å². The van der Waals surface area contributed by atoms with Crippen molar-refractivity contribution in [1.29, 1.82) is 0 Å². The molecule has 4 nitrogen and oxygen atoms in total. The standard InChI is InChI=1S/C33H21F6O4P.Li/c34-32(35,36)25-17-10-18-26(33(37,38)39)29(25)31(40)44-30-27(42-22-13-6-2-7-14-22)19-24(41-21-11-4-1-5-12-21)20-28(30)43-23-15-8-3-9-16-23;/h1-20,44H;/q;+1. The average Bonchev–Trinajstić information content (AvgIpc) is 2.99. The number of para-hydroxylation sites is 3. The Morgan fingerprint density at radius 2 is 0.889 bits per heavy atom. The predicted octanol–water partition coefficient (Wildman–Crippen LogP) is 7.25. The molecule has 1 atom stereocenters. The maximum Gasteiger partial charge on any atom is 1.00 e. The molecule has 1 unspecified atom stereocenters. The summed E-state index contributed by atoms with van der Waals surface area (Å²) in [5.74, 6) is 1.09. The van der Waals surface area contributed by atoms with Crippen molar-refractivity contribution in [2.75, 3.05) is 0 Å². The first-order valence-electron chi connectivity index (χ1n) is 12.9. The third kappa shape index (κ3) is 8.49. The van der Waals surface area contributed by atoms with E-state index in [9.17, 15) is 31.1 Å². The zero-order chi connectivity index (χ0) is 31.3. The Bertz CT molecular complexity index is 1650. The van der Waals surface area contributed by atoms with Crippen LogP contribution in [0.1, 0.15) is 21.5 Å². The van der Waals surface area contributed by atoms with E-state index in [0.29, 0.717) is 35.4 Å². The van der Waals surface area contributed by atoms with E-state index < -0.39 is 43.1 Å². The van der Waals surface area contributed by atoms with E-state index in [1.54, 1.807) is 91.0 Å². The molecule has 0 saturated carbocycles. The van der Waals surface area contributed by atoms with Crippen LogP contribution in [0.25, 0.3) is 0 Å². The first kappa shape index (κ1) is 33.7. The van der Waals surface area contributed by atoms with Crippen LogP contribution in [0.2, 0.25) is 0 Å². The van der Waals surface area contributed by atoms with Crippen molar-refractivity contribution in [3.63, 3.8) is 0 Å². The number of carbonyl (C=O) groups is 1. The second-order valence-electron chi connectivity index (χ2n) is 9.22. The van der Waals surface area contributed by atoms with Crippen LogP contribution in [0.5, 0.6) is 34.5 Å². The Labute approximate surface area is 267 Å². The summed E-state index contributed by atoms with van der Waals surface area (Å²) in [4.78, 5) is 13.6. The van der Waals surface area contributed by atoms with Crippen molar-refractivity contribution in [2.24, 2.45) is 0 Å². The molecule has 0 spiro atoms. The van der Waals surface area contributed by atoms with Crippen molar-refractivity contribution in [3.8, 4) is 34.5 Å². The topological polar surface area (TPSA) is 44.8 Å². The Morgan fingerprint density at radius 1 is 0.511 bits per heavy atom.